The van der Waals surface area contributed by atoms with E-state index in [1.54, 1.807) is 4.90 Å². The lowest BCUT2D eigenvalue weighted by atomic mass is 9.99. The number of benzene rings is 2. The number of carbonyl (C=O) groups excluding carboxylic acids is 1. The molecule has 2 aliphatic rings. The van der Waals surface area contributed by atoms with Crippen LogP contribution in [-0.4, -0.2) is 52.7 Å². The summed E-state index contributed by atoms with van der Waals surface area (Å²) in [6, 6.07) is 16.6. The zero-order valence-corrected chi connectivity index (χ0v) is 20.3. The largest absolute Gasteiger partial charge is 0.444 e. The van der Waals surface area contributed by atoms with Crippen molar-refractivity contribution in [1.29, 1.82) is 0 Å². The highest BCUT2D eigenvalue weighted by Gasteiger charge is 2.27. The van der Waals surface area contributed by atoms with Gasteiger partial charge in [-0.05, 0) is 73.7 Å². The molecule has 1 amide bonds. The molecule has 6 nitrogen and oxygen atoms in total. The maximum absolute atomic E-state index is 12.7. The van der Waals surface area contributed by atoms with Crippen LogP contribution in [0.15, 0.2) is 53.3 Å². The molecule has 0 unspecified atom stereocenters. The average molecular weight is 460 g/mol. The van der Waals surface area contributed by atoms with Crippen molar-refractivity contribution in [3.8, 4) is 11.3 Å². The van der Waals surface area contributed by atoms with Crippen molar-refractivity contribution in [3.63, 3.8) is 0 Å². The summed E-state index contributed by atoms with van der Waals surface area (Å²) >= 11 is 0. The molecule has 0 bridgehead atoms. The van der Waals surface area contributed by atoms with Gasteiger partial charge in [-0.2, -0.15) is 0 Å². The smallest absolute Gasteiger partial charge is 0.410 e. The van der Waals surface area contributed by atoms with Crippen molar-refractivity contribution in [2.45, 2.75) is 51.7 Å². The minimum atomic E-state index is -0.468. The third-order valence-corrected chi connectivity index (χ3v) is 6.63. The van der Waals surface area contributed by atoms with E-state index in [1.807, 2.05) is 32.9 Å². The number of H-pyrrole nitrogens is 1. The second-order valence-corrected chi connectivity index (χ2v) is 10.5. The molecular formula is C28H33N3O3. The van der Waals surface area contributed by atoms with Gasteiger partial charge in [0.2, 0.25) is 0 Å². The van der Waals surface area contributed by atoms with Crippen LogP contribution in [0, 0.1) is 0 Å². The Balaban J connectivity index is 1.25. The van der Waals surface area contributed by atoms with Gasteiger partial charge in [0.25, 0.3) is 5.56 Å². The first-order valence-electron chi connectivity index (χ1n) is 12.2. The Morgan fingerprint density at radius 3 is 2.35 bits per heavy atom. The molecular weight excluding hydrogens is 426 g/mol. The molecule has 1 saturated carbocycles. The number of ether oxygens (including phenoxy) is 1. The van der Waals surface area contributed by atoms with E-state index in [4.69, 9.17) is 4.74 Å². The topological polar surface area (TPSA) is 65.6 Å². The Morgan fingerprint density at radius 2 is 1.71 bits per heavy atom. The maximum atomic E-state index is 12.7. The van der Waals surface area contributed by atoms with E-state index in [-0.39, 0.29) is 11.7 Å². The second kappa shape index (κ2) is 8.91. The SMILES string of the molecule is CC(C)(C)OC(=O)N1CCN(Cc2ccc(-c3cc4c(C5CC5)cccc4c(=O)[nH]3)cc2)CC1. The van der Waals surface area contributed by atoms with Crippen molar-refractivity contribution < 1.29 is 9.53 Å². The Morgan fingerprint density at radius 1 is 1.00 bits per heavy atom. The van der Waals surface area contributed by atoms with Gasteiger partial charge < -0.3 is 14.6 Å². The minimum Gasteiger partial charge on any atom is -0.444 e. The lowest BCUT2D eigenvalue weighted by Gasteiger charge is -2.35. The Labute approximate surface area is 200 Å². The van der Waals surface area contributed by atoms with Gasteiger partial charge in [0.1, 0.15) is 5.60 Å². The number of carbonyl (C=O) groups is 1. The van der Waals surface area contributed by atoms with Gasteiger partial charge in [-0.25, -0.2) is 4.79 Å². The summed E-state index contributed by atoms with van der Waals surface area (Å²) < 4.78 is 5.49. The summed E-state index contributed by atoms with van der Waals surface area (Å²) in [6.07, 6.45) is 2.19. The van der Waals surface area contributed by atoms with Gasteiger partial charge in [-0.3, -0.25) is 9.69 Å². The number of nitrogens with zero attached hydrogens (tertiary/aromatic N) is 2. The normalized spacial score (nSPS) is 17.2. The first kappa shape index (κ1) is 22.7. The van der Waals surface area contributed by atoms with Gasteiger partial charge >= 0.3 is 6.09 Å². The monoisotopic (exact) mass is 459 g/mol. The molecule has 0 spiro atoms. The Kier molecular flexibility index (Phi) is 5.94. The number of fused-ring (bicyclic) bond motifs is 1. The van der Waals surface area contributed by atoms with E-state index in [9.17, 15) is 9.59 Å². The van der Waals surface area contributed by atoms with Crippen molar-refractivity contribution in [2.75, 3.05) is 26.2 Å². The maximum Gasteiger partial charge on any atom is 0.410 e. The molecule has 0 atom stereocenters. The highest BCUT2D eigenvalue weighted by Crippen LogP contribution is 2.43. The molecule has 1 saturated heterocycles. The fourth-order valence-corrected chi connectivity index (χ4v) is 4.68. The number of amides is 1. The zero-order valence-electron chi connectivity index (χ0n) is 20.3. The van der Waals surface area contributed by atoms with Crippen molar-refractivity contribution >= 4 is 16.9 Å². The summed E-state index contributed by atoms with van der Waals surface area (Å²) in [7, 11) is 0. The fourth-order valence-electron chi connectivity index (χ4n) is 4.68. The number of pyridine rings is 1. The summed E-state index contributed by atoms with van der Waals surface area (Å²) in [5, 5.41) is 1.85. The molecule has 3 aromatic rings. The number of hydrogen-bond donors (Lipinski definition) is 1. The lowest BCUT2D eigenvalue weighted by molar-refractivity contribution is 0.0139. The van der Waals surface area contributed by atoms with Crippen LogP contribution < -0.4 is 5.56 Å². The second-order valence-electron chi connectivity index (χ2n) is 10.5. The molecule has 5 rings (SSSR count). The predicted molar refractivity (Wildman–Crippen MR) is 135 cm³/mol. The van der Waals surface area contributed by atoms with E-state index in [2.05, 4.69) is 46.3 Å². The van der Waals surface area contributed by atoms with Gasteiger partial charge in [0.05, 0.1) is 0 Å². The number of piperazine rings is 1. The van der Waals surface area contributed by atoms with Crippen LogP contribution in [0.2, 0.25) is 0 Å². The molecule has 6 heteroatoms. The van der Waals surface area contributed by atoms with Crippen LogP contribution >= 0.6 is 0 Å². The number of nitrogens with one attached hydrogen (secondary N) is 1. The van der Waals surface area contributed by atoms with Crippen LogP contribution in [0.4, 0.5) is 4.79 Å². The molecule has 0 radical (unpaired) electrons. The molecule has 1 aliphatic heterocycles. The Bertz CT molecular complexity index is 1240. The summed E-state index contributed by atoms with van der Waals surface area (Å²) in [6.45, 7) is 9.51. The van der Waals surface area contributed by atoms with Crippen molar-refractivity contribution in [2.24, 2.45) is 0 Å². The molecule has 1 aliphatic carbocycles. The van der Waals surface area contributed by atoms with E-state index in [1.165, 1.54) is 24.0 Å². The summed E-state index contributed by atoms with van der Waals surface area (Å²) in [5.41, 5.74) is 3.90. The standard InChI is InChI=1S/C28H33N3O3/c1-28(2,3)34-27(33)31-15-13-30(14-16-31)18-19-7-9-21(10-8-19)25-17-24-22(20-11-12-20)5-4-6-23(24)26(32)29-25/h4-10,17,20H,11-16,18H2,1-3H3,(H,29,32). The highest BCUT2D eigenvalue weighted by molar-refractivity contribution is 5.88. The van der Waals surface area contributed by atoms with E-state index in [0.717, 1.165) is 41.7 Å². The van der Waals surface area contributed by atoms with Gasteiger partial charge in [0.15, 0.2) is 0 Å². The van der Waals surface area contributed by atoms with Crippen LogP contribution in [0.3, 0.4) is 0 Å². The molecule has 1 aromatic heterocycles. The number of hydrogen-bond acceptors (Lipinski definition) is 4. The highest BCUT2D eigenvalue weighted by atomic mass is 16.6. The van der Waals surface area contributed by atoms with Crippen molar-refractivity contribution in [3.05, 3.63) is 70.0 Å². The van der Waals surface area contributed by atoms with E-state index < -0.39 is 5.60 Å². The number of aromatic amines is 1. The van der Waals surface area contributed by atoms with Gasteiger partial charge in [0, 0.05) is 43.8 Å². The van der Waals surface area contributed by atoms with E-state index >= 15 is 0 Å². The molecule has 2 heterocycles. The molecule has 34 heavy (non-hydrogen) atoms. The third-order valence-electron chi connectivity index (χ3n) is 6.63. The number of rotatable bonds is 4. The van der Waals surface area contributed by atoms with Crippen LogP contribution in [-0.2, 0) is 11.3 Å². The van der Waals surface area contributed by atoms with E-state index in [0.29, 0.717) is 19.0 Å². The Hall–Kier alpha value is -3.12. The first-order valence-corrected chi connectivity index (χ1v) is 12.2. The average Bonchev–Trinajstić information content (AvgIpc) is 3.64. The summed E-state index contributed by atoms with van der Waals surface area (Å²) in [4.78, 5) is 32.2. The summed E-state index contributed by atoms with van der Waals surface area (Å²) in [5.74, 6) is 0.594. The van der Waals surface area contributed by atoms with Crippen LogP contribution in [0.5, 0.6) is 0 Å². The van der Waals surface area contributed by atoms with Crippen molar-refractivity contribution in [1.82, 2.24) is 14.8 Å². The first-order chi connectivity index (χ1) is 16.3. The molecule has 1 N–H and O–H groups in total. The molecule has 2 fully saturated rings. The van der Waals surface area contributed by atoms with Crippen LogP contribution in [0.25, 0.3) is 22.0 Å². The predicted octanol–water partition coefficient (Wildman–Crippen LogP) is 5.13. The number of aromatic nitrogens is 1. The molecule has 2 aromatic carbocycles. The lowest BCUT2D eigenvalue weighted by Crippen LogP contribution is -2.49. The fraction of sp³-hybridized carbons (Fsp3) is 0.429. The molecule has 178 valence electrons. The third kappa shape index (κ3) is 5.02. The zero-order chi connectivity index (χ0) is 23.9. The quantitative estimate of drug-likeness (QED) is 0.588. The van der Waals surface area contributed by atoms with Crippen LogP contribution in [0.1, 0.15) is 50.7 Å². The van der Waals surface area contributed by atoms with Gasteiger partial charge in [-0.15, -0.1) is 0 Å². The van der Waals surface area contributed by atoms with Gasteiger partial charge in [-0.1, -0.05) is 36.4 Å². The minimum absolute atomic E-state index is 0.0260.